The van der Waals surface area contributed by atoms with Gasteiger partial charge in [0.15, 0.2) is 0 Å². The van der Waals surface area contributed by atoms with Crippen molar-refractivity contribution in [1.82, 2.24) is 10.3 Å². The molecule has 2 N–H and O–H groups in total. The lowest BCUT2D eigenvalue weighted by Crippen LogP contribution is -2.40. The number of carbonyl (C=O) groups excluding carboxylic acids is 2. The minimum absolute atomic E-state index is 0.0144. The Bertz CT molecular complexity index is 480. The predicted molar refractivity (Wildman–Crippen MR) is 71.0 cm³/mol. The van der Waals surface area contributed by atoms with Crippen molar-refractivity contribution < 1.29 is 9.59 Å². The molecule has 1 aliphatic rings. The van der Waals surface area contributed by atoms with Crippen molar-refractivity contribution >= 4 is 33.4 Å². The highest BCUT2D eigenvalue weighted by Crippen LogP contribution is 2.18. The summed E-state index contributed by atoms with van der Waals surface area (Å²) >= 11 is 3.27. The number of hydrogen-bond donors (Lipinski definition) is 2. The van der Waals surface area contributed by atoms with Crippen LogP contribution in [0.3, 0.4) is 0 Å². The van der Waals surface area contributed by atoms with Crippen LogP contribution >= 0.6 is 15.9 Å². The quantitative estimate of drug-likeness (QED) is 0.815. The molecule has 1 saturated heterocycles. The first-order valence-corrected chi connectivity index (χ1v) is 6.56. The second kappa shape index (κ2) is 5.48. The summed E-state index contributed by atoms with van der Waals surface area (Å²) in [6, 6.07) is 3.59. The predicted octanol–water partition coefficient (Wildman–Crippen LogP) is 1.62. The summed E-state index contributed by atoms with van der Waals surface area (Å²) in [6.07, 6.45) is 1.01. The molecule has 0 bridgehead atoms. The van der Waals surface area contributed by atoms with Crippen LogP contribution in [0.25, 0.3) is 0 Å². The first kappa shape index (κ1) is 13.0. The van der Waals surface area contributed by atoms with Crippen LogP contribution in [0, 0.1) is 12.8 Å². The maximum atomic E-state index is 12.0. The van der Waals surface area contributed by atoms with Crippen molar-refractivity contribution in [3.05, 3.63) is 22.4 Å². The van der Waals surface area contributed by atoms with E-state index in [2.05, 4.69) is 31.5 Å². The third kappa shape index (κ3) is 3.07. The maximum absolute atomic E-state index is 12.0. The topological polar surface area (TPSA) is 71.1 Å². The number of hydrogen-bond acceptors (Lipinski definition) is 3. The molecule has 2 heterocycles. The van der Waals surface area contributed by atoms with Gasteiger partial charge in [0, 0.05) is 13.0 Å². The van der Waals surface area contributed by atoms with Crippen molar-refractivity contribution in [2.24, 2.45) is 5.92 Å². The molecular weight excluding hydrogens is 298 g/mol. The Morgan fingerprint density at radius 1 is 1.56 bits per heavy atom. The van der Waals surface area contributed by atoms with Crippen LogP contribution in [0.5, 0.6) is 0 Å². The van der Waals surface area contributed by atoms with Crippen LogP contribution in [-0.2, 0) is 9.59 Å². The van der Waals surface area contributed by atoms with E-state index in [9.17, 15) is 9.59 Å². The van der Waals surface area contributed by atoms with E-state index in [1.54, 1.807) is 6.07 Å². The van der Waals surface area contributed by atoms with Crippen molar-refractivity contribution in [2.75, 3.05) is 11.9 Å². The van der Waals surface area contributed by atoms with Gasteiger partial charge in [0.25, 0.3) is 0 Å². The summed E-state index contributed by atoms with van der Waals surface area (Å²) < 4.78 is 0.739. The van der Waals surface area contributed by atoms with Gasteiger partial charge in [-0.1, -0.05) is 0 Å². The van der Waals surface area contributed by atoms with Gasteiger partial charge >= 0.3 is 0 Å². The zero-order chi connectivity index (χ0) is 13.1. The summed E-state index contributed by atoms with van der Waals surface area (Å²) in [5.41, 5.74) is 1.47. The summed E-state index contributed by atoms with van der Waals surface area (Å²) in [7, 11) is 0. The third-order valence-corrected chi connectivity index (χ3v) is 3.39. The molecule has 2 amide bonds. The lowest BCUT2D eigenvalue weighted by molar-refractivity contribution is -0.126. The minimum Gasteiger partial charge on any atom is -0.355 e. The average molecular weight is 312 g/mol. The molecule has 1 aromatic rings. The fraction of sp³-hybridized carbons (Fsp3) is 0.417. The Morgan fingerprint density at radius 2 is 2.33 bits per heavy atom. The lowest BCUT2D eigenvalue weighted by atomic mass is 9.98. The molecule has 0 saturated carbocycles. The zero-order valence-corrected chi connectivity index (χ0v) is 11.6. The number of aryl methyl sites for hydroxylation is 1. The average Bonchev–Trinajstić information content (AvgIpc) is 2.33. The SMILES string of the molecule is Cc1nc(Br)ccc1NC(=O)C1CCC(=O)NC1. The van der Waals surface area contributed by atoms with Gasteiger partial charge in [-0.05, 0) is 41.4 Å². The zero-order valence-electron chi connectivity index (χ0n) is 10.00. The molecule has 96 valence electrons. The number of rotatable bonds is 2. The largest absolute Gasteiger partial charge is 0.355 e. The van der Waals surface area contributed by atoms with Gasteiger partial charge in [0.05, 0.1) is 17.3 Å². The highest BCUT2D eigenvalue weighted by molar-refractivity contribution is 9.10. The Kier molecular flexibility index (Phi) is 3.96. The van der Waals surface area contributed by atoms with Crippen LogP contribution in [-0.4, -0.2) is 23.3 Å². The number of pyridine rings is 1. The van der Waals surface area contributed by atoms with E-state index >= 15 is 0 Å². The number of halogens is 1. The molecule has 0 radical (unpaired) electrons. The molecule has 1 aromatic heterocycles. The fourth-order valence-corrected chi connectivity index (χ4v) is 2.25. The standard InChI is InChI=1S/C12H14BrN3O2/c1-7-9(3-4-10(13)15-7)16-12(18)8-2-5-11(17)14-6-8/h3-4,8H,2,5-6H2,1H3,(H,14,17)(H,16,18). The highest BCUT2D eigenvalue weighted by atomic mass is 79.9. The van der Waals surface area contributed by atoms with Gasteiger partial charge in [-0.3, -0.25) is 9.59 Å². The first-order valence-electron chi connectivity index (χ1n) is 5.77. The monoisotopic (exact) mass is 311 g/mol. The molecule has 2 rings (SSSR count). The number of piperidine rings is 1. The molecule has 0 spiro atoms. The number of aromatic nitrogens is 1. The molecule has 1 aliphatic heterocycles. The van der Waals surface area contributed by atoms with Gasteiger partial charge in [-0.2, -0.15) is 0 Å². The van der Waals surface area contributed by atoms with Gasteiger partial charge in [-0.25, -0.2) is 4.98 Å². The van der Waals surface area contributed by atoms with Crippen molar-refractivity contribution in [3.8, 4) is 0 Å². The number of amides is 2. The maximum Gasteiger partial charge on any atom is 0.229 e. The number of nitrogens with one attached hydrogen (secondary N) is 2. The second-order valence-corrected chi connectivity index (χ2v) is 5.11. The molecule has 0 aliphatic carbocycles. The van der Waals surface area contributed by atoms with E-state index in [0.717, 1.165) is 10.3 Å². The Balaban J connectivity index is 2.00. The Morgan fingerprint density at radius 3 is 2.94 bits per heavy atom. The van der Waals surface area contributed by atoms with Gasteiger partial charge in [-0.15, -0.1) is 0 Å². The fourth-order valence-electron chi connectivity index (χ4n) is 1.85. The van der Waals surface area contributed by atoms with Crippen LogP contribution < -0.4 is 10.6 Å². The van der Waals surface area contributed by atoms with E-state index < -0.39 is 0 Å². The van der Waals surface area contributed by atoms with E-state index in [1.165, 1.54) is 0 Å². The summed E-state index contributed by atoms with van der Waals surface area (Å²) in [6.45, 7) is 2.25. The summed E-state index contributed by atoms with van der Waals surface area (Å²) in [5.74, 6) is -0.214. The molecule has 6 heteroatoms. The van der Waals surface area contributed by atoms with Crippen LogP contribution in [0.15, 0.2) is 16.7 Å². The minimum atomic E-state index is -0.161. The van der Waals surface area contributed by atoms with Crippen molar-refractivity contribution in [2.45, 2.75) is 19.8 Å². The second-order valence-electron chi connectivity index (χ2n) is 4.30. The highest BCUT2D eigenvalue weighted by Gasteiger charge is 2.24. The van der Waals surface area contributed by atoms with Crippen molar-refractivity contribution in [1.29, 1.82) is 0 Å². The summed E-state index contributed by atoms with van der Waals surface area (Å²) in [5, 5.41) is 5.55. The van der Waals surface area contributed by atoms with Gasteiger partial charge in [0.1, 0.15) is 4.60 Å². The molecule has 1 atom stereocenters. The Labute approximate surface area is 113 Å². The lowest BCUT2D eigenvalue weighted by Gasteiger charge is -2.21. The molecule has 0 aromatic carbocycles. The van der Waals surface area contributed by atoms with Gasteiger partial charge < -0.3 is 10.6 Å². The van der Waals surface area contributed by atoms with E-state index in [1.807, 2.05) is 13.0 Å². The normalized spacial score (nSPS) is 19.2. The smallest absolute Gasteiger partial charge is 0.229 e. The molecule has 5 nitrogen and oxygen atoms in total. The van der Waals surface area contributed by atoms with E-state index in [4.69, 9.17) is 0 Å². The summed E-state index contributed by atoms with van der Waals surface area (Å²) in [4.78, 5) is 27.2. The molecule has 18 heavy (non-hydrogen) atoms. The number of nitrogens with zero attached hydrogens (tertiary/aromatic N) is 1. The first-order chi connectivity index (χ1) is 8.56. The molecular formula is C12H14BrN3O2. The molecule has 1 unspecified atom stereocenters. The van der Waals surface area contributed by atoms with E-state index in [0.29, 0.717) is 25.1 Å². The van der Waals surface area contributed by atoms with Crippen LogP contribution in [0.1, 0.15) is 18.5 Å². The molecule has 1 fully saturated rings. The van der Waals surface area contributed by atoms with Gasteiger partial charge in [0.2, 0.25) is 11.8 Å². The number of anilines is 1. The van der Waals surface area contributed by atoms with Crippen LogP contribution in [0.4, 0.5) is 5.69 Å². The van der Waals surface area contributed by atoms with Crippen LogP contribution in [0.2, 0.25) is 0 Å². The Hall–Kier alpha value is -1.43. The third-order valence-electron chi connectivity index (χ3n) is 2.95. The number of carbonyl (C=O) groups is 2. The van der Waals surface area contributed by atoms with E-state index in [-0.39, 0.29) is 17.7 Å². The van der Waals surface area contributed by atoms with Crippen molar-refractivity contribution in [3.63, 3.8) is 0 Å².